The number of rotatable bonds is 2. The van der Waals surface area contributed by atoms with E-state index in [1.54, 1.807) is 17.8 Å². The normalized spacial score (nSPS) is 13.0. The molecule has 0 aromatic carbocycles. The number of hydrogen-bond donors (Lipinski definition) is 0. The van der Waals surface area contributed by atoms with Gasteiger partial charge in [-0.15, -0.1) is 11.8 Å². The molecule has 0 saturated heterocycles. The quantitative estimate of drug-likeness (QED) is 0.450. The predicted octanol–water partition coefficient (Wildman–Crippen LogP) is 2.72. The summed E-state index contributed by atoms with van der Waals surface area (Å²) in [6.45, 7) is 3.86. The predicted molar refractivity (Wildman–Crippen MR) is 46.6 cm³/mol. The van der Waals surface area contributed by atoms with E-state index in [4.69, 9.17) is 5.26 Å². The number of nitriles is 1. The van der Waals surface area contributed by atoms with Crippen LogP contribution in [0.3, 0.4) is 0 Å². The number of allylic oxidation sites excluding steroid dienone is 4. The zero-order valence-corrected chi connectivity index (χ0v) is 7.33. The average molecular weight is 153 g/mol. The van der Waals surface area contributed by atoms with Crippen LogP contribution in [0.5, 0.6) is 0 Å². The fourth-order valence-corrected chi connectivity index (χ4v) is 0.703. The van der Waals surface area contributed by atoms with Crippen LogP contribution in [0.1, 0.15) is 13.8 Å². The summed E-state index contributed by atoms with van der Waals surface area (Å²) in [5.74, 6) is 0. The van der Waals surface area contributed by atoms with Gasteiger partial charge in [-0.2, -0.15) is 5.26 Å². The molecule has 0 bridgehead atoms. The lowest BCUT2D eigenvalue weighted by molar-refractivity contribution is 1.47. The third-order valence-corrected chi connectivity index (χ3v) is 1.88. The third kappa shape index (κ3) is 3.37. The first kappa shape index (κ1) is 9.32. The monoisotopic (exact) mass is 153 g/mol. The van der Waals surface area contributed by atoms with Crippen LogP contribution in [-0.4, -0.2) is 6.26 Å². The molecular weight excluding hydrogens is 142 g/mol. The van der Waals surface area contributed by atoms with Crippen LogP contribution < -0.4 is 0 Å². The van der Waals surface area contributed by atoms with E-state index in [0.29, 0.717) is 0 Å². The first-order valence-corrected chi connectivity index (χ1v) is 4.25. The highest BCUT2D eigenvalue weighted by atomic mass is 32.2. The highest BCUT2D eigenvalue weighted by Crippen LogP contribution is 2.12. The van der Waals surface area contributed by atoms with Crippen molar-refractivity contribution in [1.82, 2.24) is 0 Å². The van der Waals surface area contributed by atoms with Gasteiger partial charge in [0.2, 0.25) is 0 Å². The molecule has 0 fully saturated rings. The lowest BCUT2D eigenvalue weighted by Crippen LogP contribution is -1.71. The molecule has 0 heterocycles. The van der Waals surface area contributed by atoms with Crippen molar-refractivity contribution in [3.63, 3.8) is 0 Å². The maximum atomic E-state index is 8.50. The lowest BCUT2D eigenvalue weighted by atomic mass is 10.2. The van der Waals surface area contributed by atoms with Crippen LogP contribution in [0.25, 0.3) is 0 Å². The Morgan fingerprint density at radius 1 is 1.60 bits per heavy atom. The van der Waals surface area contributed by atoms with E-state index >= 15 is 0 Å². The van der Waals surface area contributed by atoms with E-state index in [-0.39, 0.29) is 0 Å². The second kappa shape index (κ2) is 5.13. The van der Waals surface area contributed by atoms with Crippen LogP contribution in [-0.2, 0) is 0 Å². The molecule has 0 N–H and O–H groups in total. The Hall–Kier alpha value is -0.680. The summed E-state index contributed by atoms with van der Waals surface area (Å²) in [7, 11) is 0. The van der Waals surface area contributed by atoms with Gasteiger partial charge in [-0.1, -0.05) is 6.08 Å². The molecule has 0 unspecified atom stereocenters. The van der Waals surface area contributed by atoms with Crippen molar-refractivity contribution in [2.75, 3.05) is 6.26 Å². The molecule has 0 radical (unpaired) electrons. The molecule has 0 amide bonds. The van der Waals surface area contributed by atoms with Gasteiger partial charge in [0.1, 0.15) is 0 Å². The highest BCUT2D eigenvalue weighted by Gasteiger charge is 1.88. The Labute approximate surface area is 66.4 Å². The summed E-state index contributed by atoms with van der Waals surface area (Å²) in [5, 5.41) is 8.50. The molecule has 0 rings (SSSR count). The SMILES string of the molecule is C/C=C(C#N)/C=C(/C)SC. The summed E-state index contributed by atoms with van der Waals surface area (Å²) in [4.78, 5) is 1.16. The molecule has 0 aromatic heterocycles. The molecule has 0 atom stereocenters. The van der Waals surface area contributed by atoms with Crippen molar-refractivity contribution < 1.29 is 0 Å². The van der Waals surface area contributed by atoms with Crippen LogP contribution in [0, 0.1) is 11.3 Å². The Balaban J connectivity index is 4.27. The molecule has 2 heteroatoms. The molecule has 0 spiro atoms. The van der Waals surface area contributed by atoms with Gasteiger partial charge >= 0.3 is 0 Å². The minimum absolute atomic E-state index is 0.729. The fraction of sp³-hybridized carbons (Fsp3) is 0.375. The number of nitrogens with zero attached hydrogens (tertiary/aromatic N) is 1. The maximum Gasteiger partial charge on any atom is 0.0988 e. The maximum absolute atomic E-state index is 8.50. The second-order valence-electron chi connectivity index (χ2n) is 1.81. The number of thioether (sulfide) groups is 1. The summed E-state index contributed by atoms with van der Waals surface area (Å²) >= 11 is 1.65. The van der Waals surface area contributed by atoms with Crippen molar-refractivity contribution in [3.05, 3.63) is 22.6 Å². The van der Waals surface area contributed by atoms with Crippen molar-refractivity contribution in [2.45, 2.75) is 13.8 Å². The smallest absolute Gasteiger partial charge is 0.0988 e. The van der Waals surface area contributed by atoms with Gasteiger partial charge in [0.25, 0.3) is 0 Å². The molecular formula is C8H11NS. The lowest BCUT2D eigenvalue weighted by Gasteiger charge is -1.91. The van der Waals surface area contributed by atoms with E-state index in [2.05, 4.69) is 6.07 Å². The van der Waals surface area contributed by atoms with Crippen LogP contribution >= 0.6 is 11.8 Å². The molecule has 0 aromatic rings. The zero-order chi connectivity index (χ0) is 7.98. The first-order chi connectivity index (χ1) is 4.74. The van der Waals surface area contributed by atoms with E-state index < -0.39 is 0 Å². The van der Waals surface area contributed by atoms with E-state index in [1.165, 1.54) is 0 Å². The molecule has 10 heavy (non-hydrogen) atoms. The van der Waals surface area contributed by atoms with Crippen molar-refractivity contribution in [3.8, 4) is 6.07 Å². The Kier molecular flexibility index (Phi) is 4.78. The largest absolute Gasteiger partial charge is 0.192 e. The standard InChI is InChI=1S/C8H11NS/c1-4-8(6-9)5-7(2)10-3/h4-5H,1-3H3/b7-5-,8-4-. The van der Waals surface area contributed by atoms with Crippen LogP contribution in [0.2, 0.25) is 0 Å². The average Bonchev–Trinajstić information content (AvgIpc) is 1.99. The van der Waals surface area contributed by atoms with Crippen molar-refractivity contribution >= 4 is 11.8 Å². The van der Waals surface area contributed by atoms with Crippen molar-refractivity contribution in [2.24, 2.45) is 0 Å². The second-order valence-corrected chi connectivity index (χ2v) is 2.87. The third-order valence-electron chi connectivity index (χ3n) is 1.12. The summed E-state index contributed by atoms with van der Waals surface area (Å²) in [6.07, 6.45) is 5.68. The topological polar surface area (TPSA) is 23.8 Å². The number of hydrogen-bond acceptors (Lipinski definition) is 2. The van der Waals surface area contributed by atoms with Gasteiger partial charge in [0.05, 0.1) is 6.07 Å². The first-order valence-electron chi connectivity index (χ1n) is 3.03. The molecule has 0 saturated carbocycles. The summed E-state index contributed by atoms with van der Waals surface area (Å²) in [6, 6.07) is 2.09. The summed E-state index contributed by atoms with van der Waals surface area (Å²) < 4.78 is 0. The van der Waals surface area contributed by atoms with Gasteiger partial charge < -0.3 is 0 Å². The molecule has 0 aliphatic rings. The Bertz CT molecular complexity index is 196. The Morgan fingerprint density at radius 2 is 2.20 bits per heavy atom. The van der Waals surface area contributed by atoms with Crippen molar-refractivity contribution in [1.29, 1.82) is 5.26 Å². The highest BCUT2D eigenvalue weighted by molar-refractivity contribution is 8.02. The van der Waals surface area contributed by atoms with E-state index in [1.807, 2.05) is 26.2 Å². The molecule has 1 nitrogen and oxygen atoms in total. The van der Waals surface area contributed by atoms with Gasteiger partial charge in [-0.25, -0.2) is 0 Å². The van der Waals surface area contributed by atoms with Crippen LogP contribution in [0.4, 0.5) is 0 Å². The molecule has 0 aliphatic carbocycles. The van der Waals surface area contributed by atoms with Gasteiger partial charge in [-0.3, -0.25) is 0 Å². The minimum Gasteiger partial charge on any atom is -0.192 e. The molecule has 0 aliphatic heterocycles. The fourth-order valence-electron chi connectivity index (χ4n) is 0.458. The zero-order valence-electron chi connectivity index (χ0n) is 6.51. The van der Waals surface area contributed by atoms with Gasteiger partial charge in [0, 0.05) is 5.57 Å². The summed E-state index contributed by atoms with van der Waals surface area (Å²) in [5.41, 5.74) is 0.729. The van der Waals surface area contributed by atoms with E-state index in [0.717, 1.165) is 10.5 Å². The Morgan fingerprint density at radius 3 is 2.50 bits per heavy atom. The molecule has 54 valence electrons. The van der Waals surface area contributed by atoms with E-state index in [9.17, 15) is 0 Å². The van der Waals surface area contributed by atoms with Gasteiger partial charge in [0.15, 0.2) is 0 Å². The van der Waals surface area contributed by atoms with Crippen LogP contribution in [0.15, 0.2) is 22.6 Å². The minimum atomic E-state index is 0.729. The van der Waals surface area contributed by atoms with Gasteiger partial charge in [-0.05, 0) is 31.1 Å².